The number of hydrogen-bond acceptors (Lipinski definition) is 9. The molecule has 2 saturated heterocycles. The first kappa shape index (κ1) is 32.3. The fraction of sp³-hybridized carbons (Fsp3) is 0.704. The van der Waals surface area contributed by atoms with Crippen LogP contribution < -0.4 is 15.4 Å². The molecular formula is C27H41F2N3O7S. The van der Waals surface area contributed by atoms with Gasteiger partial charge in [0.05, 0.1) is 37.4 Å². The summed E-state index contributed by atoms with van der Waals surface area (Å²) in [5.41, 5.74) is 0.587. The van der Waals surface area contributed by atoms with Gasteiger partial charge in [0.2, 0.25) is 0 Å². The zero-order valence-corrected chi connectivity index (χ0v) is 24.1. The molecule has 2 heterocycles. The summed E-state index contributed by atoms with van der Waals surface area (Å²) in [7, 11) is -2.09. The first-order chi connectivity index (χ1) is 18.8. The SMILES string of the molecule is COc1ccc(CS(=O)(=O)[C@H]2CN[C@H](C(=O)C[C@@H](C(C)C)[C@@H](O)C(F)(F)C(=O)NCCN3CCOCC3)C2)cc1. The van der Waals surface area contributed by atoms with Crippen LogP contribution in [0.3, 0.4) is 0 Å². The number of nitrogens with zero attached hydrogens (tertiary/aromatic N) is 1. The lowest BCUT2D eigenvalue weighted by molar-refractivity contribution is -0.173. The smallest absolute Gasteiger partial charge is 0.349 e. The Balaban J connectivity index is 1.55. The zero-order valence-electron chi connectivity index (χ0n) is 23.3. The minimum Gasteiger partial charge on any atom is -0.497 e. The van der Waals surface area contributed by atoms with E-state index in [1.165, 1.54) is 7.11 Å². The van der Waals surface area contributed by atoms with Crippen molar-refractivity contribution in [3.63, 3.8) is 0 Å². The van der Waals surface area contributed by atoms with Crippen LogP contribution in [0.25, 0.3) is 0 Å². The Bertz CT molecular complexity index is 1100. The molecule has 2 aliphatic rings. The summed E-state index contributed by atoms with van der Waals surface area (Å²) in [6.07, 6.45) is -2.79. The van der Waals surface area contributed by atoms with Crippen molar-refractivity contribution in [2.75, 3.05) is 53.0 Å². The molecule has 4 atom stereocenters. The molecule has 0 spiro atoms. The number of carbonyl (C=O) groups excluding carboxylic acids is 2. The van der Waals surface area contributed by atoms with Gasteiger partial charge in [-0.3, -0.25) is 14.5 Å². The number of alkyl halides is 2. The third-order valence-corrected chi connectivity index (χ3v) is 9.81. The predicted molar refractivity (Wildman–Crippen MR) is 145 cm³/mol. The molecule has 0 aliphatic carbocycles. The highest BCUT2D eigenvalue weighted by Crippen LogP contribution is 2.32. The molecule has 1 amide bonds. The molecular weight excluding hydrogens is 548 g/mol. The van der Waals surface area contributed by atoms with Gasteiger partial charge >= 0.3 is 5.92 Å². The molecule has 3 N–H and O–H groups in total. The van der Waals surface area contributed by atoms with Crippen LogP contribution in [-0.2, 0) is 29.9 Å². The van der Waals surface area contributed by atoms with E-state index in [0.29, 0.717) is 44.2 Å². The van der Waals surface area contributed by atoms with E-state index in [4.69, 9.17) is 9.47 Å². The van der Waals surface area contributed by atoms with Crippen molar-refractivity contribution >= 4 is 21.5 Å². The number of rotatable bonds is 14. The molecule has 0 saturated carbocycles. The van der Waals surface area contributed by atoms with Crippen LogP contribution in [0.15, 0.2) is 24.3 Å². The predicted octanol–water partition coefficient (Wildman–Crippen LogP) is 1.02. The summed E-state index contributed by atoms with van der Waals surface area (Å²) >= 11 is 0. The molecule has 2 aliphatic heterocycles. The number of amides is 1. The van der Waals surface area contributed by atoms with Gasteiger partial charge in [0.25, 0.3) is 5.91 Å². The number of benzene rings is 1. The Morgan fingerprint density at radius 3 is 2.48 bits per heavy atom. The summed E-state index contributed by atoms with van der Waals surface area (Å²) in [6, 6.07) is 5.81. The largest absolute Gasteiger partial charge is 0.497 e. The lowest BCUT2D eigenvalue weighted by Crippen LogP contribution is -2.54. The molecule has 10 nitrogen and oxygen atoms in total. The lowest BCUT2D eigenvalue weighted by atomic mass is 9.81. The van der Waals surface area contributed by atoms with Crippen LogP contribution >= 0.6 is 0 Å². The van der Waals surface area contributed by atoms with Gasteiger partial charge in [0.15, 0.2) is 9.84 Å². The minimum absolute atomic E-state index is 0.00913. The Kier molecular flexibility index (Phi) is 11.4. The van der Waals surface area contributed by atoms with E-state index >= 15 is 0 Å². The molecule has 0 bridgehead atoms. The van der Waals surface area contributed by atoms with Crippen LogP contribution in [0.1, 0.15) is 32.3 Å². The Labute approximate surface area is 234 Å². The van der Waals surface area contributed by atoms with Crippen molar-refractivity contribution in [1.29, 1.82) is 0 Å². The van der Waals surface area contributed by atoms with E-state index in [1.807, 2.05) is 4.90 Å². The first-order valence-electron chi connectivity index (χ1n) is 13.6. The van der Waals surface area contributed by atoms with E-state index in [2.05, 4.69) is 10.6 Å². The van der Waals surface area contributed by atoms with Gasteiger partial charge in [-0.1, -0.05) is 26.0 Å². The van der Waals surface area contributed by atoms with Crippen LogP contribution in [0.4, 0.5) is 8.78 Å². The van der Waals surface area contributed by atoms with Crippen LogP contribution in [0, 0.1) is 11.8 Å². The van der Waals surface area contributed by atoms with Gasteiger partial charge in [-0.15, -0.1) is 0 Å². The highest BCUT2D eigenvalue weighted by atomic mass is 32.2. The number of ketones is 1. The average molecular weight is 590 g/mol. The second-order valence-corrected chi connectivity index (χ2v) is 13.1. The maximum Gasteiger partial charge on any atom is 0.349 e. The summed E-state index contributed by atoms with van der Waals surface area (Å²) in [5, 5.41) is 14.9. The van der Waals surface area contributed by atoms with E-state index in [0.717, 1.165) is 0 Å². The molecule has 1 aromatic rings. The summed E-state index contributed by atoms with van der Waals surface area (Å²) < 4.78 is 66.2. The van der Waals surface area contributed by atoms with Crippen molar-refractivity contribution in [3.05, 3.63) is 29.8 Å². The highest BCUT2D eigenvalue weighted by Gasteiger charge is 2.51. The Morgan fingerprint density at radius 2 is 1.88 bits per heavy atom. The van der Waals surface area contributed by atoms with Crippen molar-refractivity contribution in [2.24, 2.45) is 11.8 Å². The number of aliphatic hydroxyl groups is 1. The van der Waals surface area contributed by atoms with E-state index in [1.54, 1.807) is 38.1 Å². The molecule has 0 radical (unpaired) electrons. The summed E-state index contributed by atoms with van der Waals surface area (Å²) in [6.45, 7) is 5.99. The molecule has 13 heteroatoms. The number of methoxy groups -OCH3 is 1. The van der Waals surface area contributed by atoms with E-state index in [9.17, 15) is 31.9 Å². The van der Waals surface area contributed by atoms with Crippen molar-refractivity contribution in [3.8, 4) is 5.75 Å². The van der Waals surface area contributed by atoms with Crippen molar-refractivity contribution < 1.29 is 41.4 Å². The quantitative estimate of drug-likeness (QED) is 0.291. The number of Topliss-reactive ketones (excluding diaryl/α,β-unsaturated/α-hetero) is 1. The number of aliphatic hydroxyl groups excluding tert-OH is 1. The lowest BCUT2D eigenvalue weighted by Gasteiger charge is -2.32. The number of carbonyl (C=O) groups is 2. The van der Waals surface area contributed by atoms with E-state index < -0.39 is 63.1 Å². The zero-order chi connectivity index (χ0) is 29.5. The number of hydrogen-bond donors (Lipinski definition) is 3. The second-order valence-electron chi connectivity index (χ2n) is 10.8. The van der Waals surface area contributed by atoms with Gasteiger partial charge in [-0.25, -0.2) is 8.42 Å². The molecule has 226 valence electrons. The van der Waals surface area contributed by atoms with Crippen molar-refractivity contribution in [2.45, 2.75) is 55.8 Å². The van der Waals surface area contributed by atoms with Gasteiger partial charge in [0, 0.05) is 45.1 Å². The van der Waals surface area contributed by atoms with Crippen LogP contribution in [0.2, 0.25) is 0 Å². The van der Waals surface area contributed by atoms with Crippen LogP contribution in [0.5, 0.6) is 5.75 Å². The second kappa shape index (κ2) is 14.1. The molecule has 1 aromatic carbocycles. The first-order valence-corrected chi connectivity index (χ1v) is 15.3. The van der Waals surface area contributed by atoms with Crippen molar-refractivity contribution in [1.82, 2.24) is 15.5 Å². The van der Waals surface area contributed by atoms with E-state index in [-0.39, 0.29) is 25.3 Å². The fourth-order valence-electron chi connectivity index (χ4n) is 5.05. The number of sulfone groups is 1. The number of halogens is 2. The number of nitrogens with one attached hydrogen (secondary N) is 2. The topological polar surface area (TPSA) is 134 Å². The molecule has 0 aromatic heterocycles. The fourth-order valence-corrected chi connectivity index (χ4v) is 6.78. The number of morpholine rings is 1. The molecule has 40 heavy (non-hydrogen) atoms. The maximum atomic E-state index is 15.0. The number of ether oxygens (including phenoxy) is 2. The third kappa shape index (κ3) is 8.41. The average Bonchev–Trinajstić information content (AvgIpc) is 3.43. The summed E-state index contributed by atoms with van der Waals surface area (Å²) in [5.74, 6) is -7.50. The summed E-state index contributed by atoms with van der Waals surface area (Å²) in [4.78, 5) is 27.4. The van der Waals surface area contributed by atoms with Gasteiger partial charge in [0.1, 0.15) is 17.6 Å². The molecule has 2 fully saturated rings. The third-order valence-electron chi connectivity index (χ3n) is 7.70. The minimum atomic E-state index is -4.10. The molecule has 3 rings (SSSR count). The molecule has 0 unspecified atom stereocenters. The van der Waals surface area contributed by atoms with Crippen LogP contribution in [-0.4, -0.2) is 106 Å². The van der Waals surface area contributed by atoms with Gasteiger partial charge in [-0.05, 0) is 30.0 Å². The Morgan fingerprint density at radius 1 is 1.23 bits per heavy atom. The Hall–Kier alpha value is -2.19. The van der Waals surface area contributed by atoms with Gasteiger partial charge < -0.3 is 25.2 Å². The monoisotopic (exact) mass is 589 g/mol. The maximum absolute atomic E-state index is 15.0. The standard InChI is InChI=1S/C27H41F2N3O7S/c1-18(2)22(25(34)27(28,29)26(35)30-8-9-32-10-12-39-13-11-32)15-24(33)23-14-21(16-31-23)40(36,37)17-19-4-6-20(38-3)7-5-19/h4-7,18,21-23,25,31,34H,8-17H2,1-3H3,(H,30,35)/t21-,22+,23+,25-/m1/s1. The normalized spacial score (nSPS) is 22.2. The highest BCUT2D eigenvalue weighted by molar-refractivity contribution is 7.91. The van der Waals surface area contributed by atoms with Gasteiger partial charge in [-0.2, -0.15) is 8.78 Å².